The molecule has 0 aliphatic heterocycles. The van der Waals surface area contributed by atoms with Gasteiger partial charge in [-0.3, -0.25) is 4.79 Å². The molecule has 0 fully saturated rings. The third kappa shape index (κ3) is 5.52. The van der Waals surface area contributed by atoms with Gasteiger partial charge in [0.15, 0.2) is 0 Å². The van der Waals surface area contributed by atoms with Gasteiger partial charge in [-0.2, -0.15) is 10.4 Å². The molecule has 1 amide bonds. The molecular formula is C28H22N4O3. The number of benzene rings is 3. The van der Waals surface area contributed by atoms with Gasteiger partial charge in [-0.25, -0.2) is 9.48 Å². The standard InChI is InChI=1S/C28H22N4O3/c1-2-35-28(34)21-13-15-24(16-14-21)30-27(33)22(18-29)17-23-19-32(25-11-7-4-8-12-25)31-26(23)20-9-5-3-6-10-20/h3-17,19H,2H2,1H3,(H,30,33). The minimum absolute atomic E-state index is 0.0794. The Morgan fingerprint density at radius 2 is 1.66 bits per heavy atom. The highest BCUT2D eigenvalue weighted by Gasteiger charge is 2.16. The first-order chi connectivity index (χ1) is 17.1. The molecule has 1 aromatic heterocycles. The molecule has 0 unspecified atom stereocenters. The van der Waals surface area contributed by atoms with Gasteiger partial charge in [0.1, 0.15) is 11.6 Å². The monoisotopic (exact) mass is 462 g/mol. The van der Waals surface area contributed by atoms with E-state index in [1.807, 2.05) is 66.7 Å². The number of carbonyl (C=O) groups is 2. The predicted octanol–water partition coefficient (Wildman–Crippen LogP) is 5.26. The Balaban J connectivity index is 1.64. The van der Waals surface area contributed by atoms with Crippen LogP contribution in [-0.4, -0.2) is 28.3 Å². The maximum atomic E-state index is 12.9. The number of aromatic nitrogens is 2. The van der Waals surface area contributed by atoms with Crippen LogP contribution in [0, 0.1) is 11.3 Å². The molecule has 0 atom stereocenters. The number of carbonyl (C=O) groups excluding carboxylic acids is 2. The third-order valence-electron chi connectivity index (χ3n) is 5.13. The summed E-state index contributed by atoms with van der Waals surface area (Å²) in [5.41, 5.74) is 3.74. The van der Waals surface area contributed by atoms with Gasteiger partial charge in [0, 0.05) is 23.0 Å². The highest BCUT2D eigenvalue weighted by Crippen LogP contribution is 2.26. The van der Waals surface area contributed by atoms with Gasteiger partial charge >= 0.3 is 5.97 Å². The number of para-hydroxylation sites is 1. The predicted molar refractivity (Wildman–Crippen MR) is 134 cm³/mol. The maximum absolute atomic E-state index is 12.9. The van der Waals surface area contributed by atoms with Crippen molar-refractivity contribution in [2.45, 2.75) is 6.92 Å². The highest BCUT2D eigenvalue weighted by molar-refractivity contribution is 6.10. The van der Waals surface area contributed by atoms with Crippen molar-refractivity contribution in [3.8, 4) is 23.0 Å². The summed E-state index contributed by atoms with van der Waals surface area (Å²) < 4.78 is 6.68. The Bertz CT molecular complexity index is 1400. The third-order valence-corrected chi connectivity index (χ3v) is 5.13. The topological polar surface area (TPSA) is 97.0 Å². The lowest BCUT2D eigenvalue weighted by molar-refractivity contribution is -0.112. The Hall–Kier alpha value is -4.96. The van der Waals surface area contributed by atoms with E-state index in [0.717, 1.165) is 11.3 Å². The first kappa shape index (κ1) is 23.2. The molecule has 4 aromatic rings. The van der Waals surface area contributed by atoms with Crippen molar-refractivity contribution >= 4 is 23.6 Å². The lowest BCUT2D eigenvalue weighted by Crippen LogP contribution is -2.13. The molecule has 0 bridgehead atoms. The highest BCUT2D eigenvalue weighted by atomic mass is 16.5. The van der Waals surface area contributed by atoms with Gasteiger partial charge in [0.25, 0.3) is 5.91 Å². The summed E-state index contributed by atoms with van der Waals surface area (Å²) in [5.74, 6) is -1.00. The van der Waals surface area contributed by atoms with Gasteiger partial charge in [0.05, 0.1) is 23.6 Å². The molecule has 1 N–H and O–H groups in total. The van der Waals surface area contributed by atoms with Crippen LogP contribution in [0.25, 0.3) is 23.0 Å². The molecule has 0 aliphatic rings. The Morgan fingerprint density at radius 1 is 1.00 bits per heavy atom. The van der Waals surface area contributed by atoms with Crippen LogP contribution in [0.3, 0.4) is 0 Å². The summed E-state index contributed by atoms with van der Waals surface area (Å²) >= 11 is 0. The van der Waals surface area contributed by atoms with E-state index in [1.54, 1.807) is 42.1 Å². The molecule has 7 nitrogen and oxygen atoms in total. The SMILES string of the molecule is CCOC(=O)c1ccc(NC(=O)C(C#N)=Cc2cn(-c3ccccc3)nc2-c2ccccc2)cc1. The van der Waals surface area contributed by atoms with Crippen LogP contribution >= 0.6 is 0 Å². The van der Waals surface area contributed by atoms with Crippen LogP contribution in [0.2, 0.25) is 0 Å². The fraction of sp³-hybridized carbons (Fsp3) is 0.0714. The molecule has 1 heterocycles. The molecule has 4 rings (SSSR count). The van der Waals surface area contributed by atoms with Gasteiger partial charge in [0.2, 0.25) is 0 Å². The number of ether oxygens (including phenoxy) is 1. The molecule has 172 valence electrons. The zero-order valence-corrected chi connectivity index (χ0v) is 19.0. The molecule has 35 heavy (non-hydrogen) atoms. The van der Waals surface area contributed by atoms with E-state index in [-0.39, 0.29) is 12.2 Å². The number of nitrogens with zero attached hydrogens (tertiary/aromatic N) is 3. The van der Waals surface area contributed by atoms with Gasteiger partial charge in [-0.05, 0) is 49.4 Å². The van der Waals surface area contributed by atoms with E-state index in [9.17, 15) is 14.9 Å². The first-order valence-electron chi connectivity index (χ1n) is 11.0. The molecule has 0 aliphatic carbocycles. The fourth-order valence-electron chi connectivity index (χ4n) is 3.43. The minimum Gasteiger partial charge on any atom is -0.462 e. The molecule has 0 spiro atoms. The van der Waals surface area contributed by atoms with Crippen molar-refractivity contribution in [3.63, 3.8) is 0 Å². The largest absolute Gasteiger partial charge is 0.462 e. The number of nitrogens with one attached hydrogen (secondary N) is 1. The van der Waals surface area contributed by atoms with E-state index in [2.05, 4.69) is 5.32 Å². The molecule has 7 heteroatoms. The molecular weight excluding hydrogens is 440 g/mol. The normalized spacial score (nSPS) is 10.9. The Labute approximate surface area is 202 Å². The van der Waals surface area contributed by atoms with Crippen LogP contribution in [0.1, 0.15) is 22.8 Å². The fourth-order valence-corrected chi connectivity index (χ4v) is 3.43. The van der Waals surface area contributed by atoms with Gasteiger partial charge < -0.3 is 10.1 Å². The number of hydrogen-bond donors (Lipinski definition) is 1. The second kappa shape index (κ2) is 10.8. The Kier molecular flexibility index (Phi) is 7.14. The summed E-state index contributed by atoms with van der Waals surface area (Å²) in [4.78, 5) is 24.7. The number of amides is 1. The second-order valence-corrected chi connectivity index (χ2v) is 7.50. The van der Waals surface area contributed by atoms with E-state index in [4.69, 9.17) is 9.84 Å². The lowest BCUT2D eigenvalue weighted by Gasteiger charge is -2.06. The molecule has 0 radical (unpaired) electrons. The summed E-state index contributed by atoms with van der Waals surface area (Å²) in [7, 11) is 0. The maximum Gasteiger partial charge on any atom is 0.338 e. The van der Waals surface area contributed by atoms with Gasteiger partial charge in [-0.1, -0.05) is 48.5 Å². The van der Waals surface area contributed by atoms with Crippen LogP contribution in [0.4, 0.5) is 5.69 Å². The summed E-state index contributed by atoms with van der Waals surface area (Å²) in [6.45, 7) is 2.01. The van der Waals surface area contributed by atoms with Crippen molar-refractivity contribution < 1.29 is 14.3 Å². The van der Waals surface area contributed by atoms with Crippen molar-refractivity contribution in [3.05, 3.63) is 108 Å². The minimum atomic E-state index is -0.567. The Morgan fingerprint density at radius 3 is 2.29 bits per heavy atom. The van der Waals surface area contributed by atoms with Crippen LogP contribution < -0.4 is 5.32 Å². The molecule has 0 saturated carbocycles. The van der Waals surface area contributed by atoms with Gasteiger partial charge in [-0.15, -0.1) is 0 Å². The van der Waals surface area contributed by atoms with Crippen LogP contribution in [0.5, 0.6) is 0 Å². The first-order valence-corrected chi connectivity index (χ1v) is 11.0. The zero-order valence-electron chi connectivity index (χ0n) is 19.0. The number of nitriles is 1. The molecule has 0 saturated heterocycles. The van der Waals surface area contributed by atoms with E-state index in [1.165, 1.54) is 6.08 Å². The van der Waals surface area contributed by atoms with Crippen LogP contribution in [0.15, 0.2) is 96.7 Å². The van der Waals surface area contributed by atoms with E-state index in [0.29, 0.717) is 22.5 Å². The van der Waals surface area contributed by atoms with Crippen molar-refractivity contribution in [1.29, 1.82) is 5.26 Å². The average Bonchev–Trinajstić information content (AvgIpc) is 3.32. The summed E-state index contributed by atoms with van der Waals surface area (Å²) in [5, 5.41) is 17.1. The van der Waals surface area contributed by atoms with Crippen molar-refractivity contribution in [2.24, 2.45) is 0 Å². The number of hydrogen-bond acceptors (Lipinski definition) is 5. The van der Waals surface area contributed by atoms with Crippen molar-refractivity contribution in [2.75, 3.05) is 11.9 Å². The molecule has 3 aromatic carbocycles. The smallest absolute Gasteiger partial charge is 0.338 e. The number of anilines is 1. The zero-order chi connectivity index (χ0) is 24.6. The lowest BCUT2D eigenvalue weighted by atomic mass is 10.1. The van der Waals surface area contributed by atoms with Crippen LogP contribution in [-0.2, 0) is 9.53 Å². The summed E-state index contributed by atoms with van der Waals surface area (Å²) in [6.07, 6.45) is 3.31. The summed E-state index contributed by atoms with van der Waals surface area (Å²) in [6, 6.07) is 27.4. The van der Waals surface area contributed by atoms with E-state index >= 15 is 0 Å². The number of rotatable bonds is 7. The van der Waals surface area contributed by atoms with E-state index < -0.39 is 11.9 Å². The average molecular weight is 463 g/mol. The quantitative estimate of drug-likeness (QED) is 0.229. The van der Waals surface area contributed by atoms with Crippen molar-refractivity contribution in [1.82, 2.24) is 9.78 Å². The number of esters is 1. The second-order valence-electron chi connectivity index (χ2n) is 7.50.